The van der Waals surface area contributed by atoms with Gasteiger partial charge in [0.25, 0.3) is 0 Å². The molecule has 0 bridgehead atoms. The van der Waals surface area contributed by atoms with Crippen molar-refractivity contribution in [2.45, 2.75) is 63.5 Å². The molecule has 1 atom stereocenters. The fraction of sp³-hybridized carbons (Fsp3) is 0.647. The van der Waals surface area contributed by atoms with Gasteiger partial charge in [0, 0.05) is 6.04 Å². The molecule has 0 aromatic heterocycles. The summed E-state index contributed by atoms with van der Waals surface area (Å²) in [4.78, 5) is 0. The first-order chi connectivity index (χ1) is 9.70. The minimum atomic E-state index is -0.442. The number of nitrogens with one attached hydrogen (secondary N) is 1. The number of halogens is 1. The van der Waals surface area contributed by atoms with E-state index in [1.54, 1.807) is 12.1 Å². The number of aliphatic hydroxyl groups is 1. The molecular formula is C17H26FNO. The third-order valence-corrected chi connectivity index (χ3v) is 4.61. The van der Waals surface area contributed by atoms with Crippen LogP contribution in [0.1, 0.15) is 57.4 Å². The number of aliphatic hydroxyl groups excluding tert-OH is 1. The molecular weight excluding hydrogens is 253 g/mol. The lowest BCUT2D eigenvalue weighted by Crippen LogP contribution is -2.50. The largest absolute Gasteiger partial charge is 0.394 e. The maximum absolute atomic E-state index is 13.1. The van der Waals surface area contributed by atoms with Crippen molar-refractivity contribution in [3.05, 3.63) is 35.6 Å². The molecule has 2 nitrogen and oxygen atoms in total. The average molecular weight is 279 g/mol. The normalized spacial score (nSPS) is 20.4. The zero-order valence-electron chi connectivity index (χ0n) is 12.4. The zero-order valence-corrected chi connectivity index (χ0v) is 12.4. The molecule has 1 saturated carbocycles. The molecule has 20 heavy (non-hydrogen) atoms. The third kappa shape index (κ3) is 3.58. The van der Waals surface area contributed by atoms with Crippen molar-refractivity contribution in [3.8, 4) is 0 Å². The zero-order chi connectivity index (χ0) is 14.4. The second-order valence-electron chi connectivity index (χ2n) is 5.93. The number of hydrogen-bond donors (Lipinski definition) is 2. The topological polar surface area (TPSA) is 32.3 Å². The Morgan fingerprint density at radius 1 is 1.15 bits per heavy atom. The van der Waals surface area contributed by atoms with Crippen LogP contribution in [0, 0.1) is 5.82 Å². The summed E-state index contributed by atoms with van der Waals surface area (Å²) < 4.78 is 13.1. The molecule has 0 heterocycles. The molecule has 1 aromatic carbocycles. The summed E-state index contributed by atoms with van der Waals surface area (Å²) in [7, 11) is 0. The second-order valence-corrected chi connectivity index (χ2v) is 5.93. The van der Waals surface area contributed by atoms with E-state index in [2.05, 4.69) is 12.2 Å². The molecule has 112 valence electrons. The lowest BCUT2D eigenvalue weighted by atomic mass is 9.86. The van der Waals surface area contributed by atoms with Crippen LogP contribution in [0.2, 0.25) is 0 Å². The van der Waals surface area contributed by atoms with E-state index in [-0.39, 0.29) is 12.4 Å². The molecule has 0 amide bonds. The Labute approximate surface area is 121 Å². The third-order valence-electron chi connectivity index (χ3n) is 4.61. The predicted molar refractivity (Wildman–Crippen MR) is 80.1 cm³/mol. The Balaban J connectivity index is 2.17. The van der Waals surface area contributed by atoms with Gasteiger partial charge in [0.2, 0.25) is 0 Å². The van der Waals surface area contributed by atoms with Crippen molar-refractivity contribution < 1.29 is 9.50 Å². The molecule has 1 aromatic rings. The Kier molecular flexibility index (Phi) is 5.55. The summed E-state index contributed by atoms with van der Waals surface area (Å²) in [5, 5.41) is 13.6. The van der Waals surface area contributed by atoms with Gasteiger partial charge in [-0.2, -0.15) is 0 Å². The highest BCUT2D eigenvalue weighted by Crippen LogP contribution is 2.28. The van der Waals surface area contributed by atoms with Crippen LogP contribution in [0.15, 0.2) is 24.3 Å². The van der Waals surface area contributed by atoms with Crippen molar-refractivity contribution in [1.82, 2.24) is 5.32 Å². The Morgan fingerprint density at radius 3 is 2.25 bits per heavy atom. The van der Waals surface area contributed by atoms with Gasteiger partial charge in [0.05, 0.1) is 12.1 Å². The van der Waals surface area contributed by atoms with E-state index in [9.17, 15) is 9.50 Å². The molecule has 3 heteroatoms. The van der Waals surface area contributed by atoms with Crippen molar-refractivity contribution in [3.63, 3.8) is 0 Å². The molecule has 2 N–H and O–H groups in total. The number of rotatable bonds is 5. The fourth-order valence-electron chi connectivity index (χ4n) is 3.22. The second kappa shape index (κ2) is 7.19. The Bertz CT molecular complexity index is 392. The van der Waals surface area contributed by atoms with Crippen LogP contribution in [0.3, 0.4) is 0 Å². The summed E-state index contributed by atoms with van der Waals surface area (Å²) in [5.41, 5.74) is 0.538. The standard InChI is InChI=1S/C17H26FNO/c1-2-17(13-20,14-9-11-15(18)12-10-14)19-16-7-5-3-4-6-8-16/h9-12,16,19-20H,2-8,13H2,1H3. The molecule has 1 fully saturated rings. The highest BCUT2D eigenvalue weighted by molar-refractivity contribution is 5.25. The summed E-state index contributed by atoms with van der Waals surface area (Å²) in [6.07, 6.45) is 8.27. The molecule has 1 aliphatic rings. The van der Waals surface area contributed by atoms with Crippen LogP contribution in [0.25, 0.3) is 0 Å². The Morgan fingerprint density at radius 2 is 1.75 bits per heavy atom. The smallest absolute Gasteiger partial charge is 0.123 e. The SMILES string of the molecule is CCC(CO)(NC1CCCCCC1)c1ccc(F)cc1. The van der Waals surface area contributed by atoms with E-state index < -0.39 is 5.54 Å². The summed E-state index contributed by atoms with van der Waals surface area (Å²) in [5.74, 6) is -0.230. The van der Waals surface area contributed by atoms with Gasteiger partial charge in [-0.15, -0.1) is 0 Å². The summed E-state index contributed by atoms with van der Waals surface area (Å²) >= 11 is 0. The highest BCUT2D eigenvalue weighted by atomic mass is 19.1. The first-order valence-corrected chi connectivity index (χ1v) is 7.85. The van der Waals surface area contributed by atoms with Gasteiger partial charge in [0.1, 0.15) is 5.82 Å². The summed E-state index contributed by atoms with van der Waals surface area (Å²) in [6, 6.07) is 6.99. The van der Waals surface area contributed by atoms with Gasteiger partial charge in [0.15, 0.2) is 0 Å². The lowest BCUT2D eigenvalue weighted by Gasteiger charge is -2.36. The molecule has 0 spiro atoms. The van der Waals surface area contributed by atoms with E-state index in [1.165, 1.54) is 50.7 Å². The summed E-state index contributed by atoms with van der Waals surface area (Å²) in [6.45, 7) is 2.12. The van der Waals surface area contributed by atoms with E-state index in [0.717, 1.165) is 12.0 Å². The molecule has 2 rings (SSSR count). The fourth-order valence-corrected chi connectivity index (χ4v) is 3.22. The van der Waals surface area contributed by atoms with Crippen molar-refractivity contribution >= 4 is 0 Å². The average Bonchev–Trinajstić information content (AvgIpc) is 2.74. The van der Waals surface area contributed by atoms with Gasteiger partial charge >= 0.3 is 0 Å². The van der Waals surface area contributed by atoms with E-state index >= 15 is 0 Å². The van der Waals surface area contributed by atoms with E-state index in [4.69, 9.17) is 0 Å². The van der Waals surface area contributed by atoms with Crippen LogP contribution in [-0.2, 0) is 5.54 Å². The van der Waals surface area contributed by atoms with E-state index in [1.807, 2.05) is 0 Å². The van der Waals surface area contributed by atoms with E-state index in [0.29, 0.717) is 6.04 Å². The quantitative estimate of drug-likeness (QED) is 0.805. The van der Waals surface area contributed by atoms with Crippen molar-refractivity contribution in [2.24, 2.45) is 0 Å². The maximum atomic E-state index is 13.1. The van der Waals surface area contributed by atoms with Crippen LogP contribution in [0.4, 0.5) is 4.39 Å². The van der Waals surface area contributed by atoms with Gasteiger partial charge in [-0.05, 0) is 37.0 Å². The van der Waals surface area contributed by atoms with Gasteiger partial charge < -0.3 is 10.4 Å². The molecule has 0 saturated heterocycles. The lowest BCUT2D eigenvalue weighted by molar-refractivity contribution is 0.137. The van der Waals surface area contributed by atoms with Crippen LogP contribution >= 0.6 is 0 Å². The van der Waals surface area contributed by atoms with Gasteiger partial charge in [-0.3, -0.25) is 0 Å². The first kappa shape index (κ1) is 15.5. The minimum Gasteiger partial charge on any atom is -0.394 e. The van der Waals surface area contributed by atoms with Gasteiger partial charge in [-0.25, -0.2) is 4.39 Å². The molecule has 1 unspecified atom stereocenters. The molecule has 1 aliphatic carbocycles. The molecule has 0 aliphatic heterocycles. The predicted octanol–water partition coefficient (Wildman–Crippen LogP) is 3.74. The Hall–Kier alpha value is -0.930. The molecule has 0 radical (unpaired) electrons. The number of hydrogen-bond acceptors (Lipinski definition) is 2. The highest BCUT2D eigenvalue weighted by Gasteiger charge is 2.32. The minimum absolute atomic E-state index is 0.0473. The number of benzene rings is 1. The van der Waals surface area contributed by atoms with Crippen molar-refractivity contribution in [2.75, 3.05) is 6.61 Å². The first-order valence-electron chi connectivity index (χ1n) is 7.85. The van der Waals surface area contributed by atoms with Crippen LogP contribution in [0.5, 0.6) is 0 Å². The van der Waals surface area contributed by atoms with Gasteiger partial charge in [-0.1, -0.05) is 44.7 Å². The monoisotopic (exact) mass is 279 g/mol. The van der Waals surface area contributed by atoms with Crippen LogP contribution in [-0.4, -0.2) is 17.8 Å². The van der Waals surface area contributed by atoms with Crippen LogP contribution < -0.4 is 5.32 Å². The van der Waals surface area contributed by atoms with Crippen molar-refractivity contribution in [1.29, 1.82) is 0 Å². The maximum Gasteiger partial charge on any atom is 0.123 e.